The molecular formula is C13H28O5S5Si. The van der Waals surface area contributed by atoms with E-state index in [-0.39, 0.29) is 0 Å². The zero-order valence-electron chi connectivity index (χ0n) is 14.9. The summed E-state index contributed by atoms with van der Waals surface area (Å²) in [5.41, 5.74) is 0. The summed E-state index contributed by atoms with van der Waals surface area (Å²) in [5.74, 6) is 1.27. The molecule has 1 rings (SSSR count). The average molecular weight is 453 g/mol. The van der Waals surface area contributed by atoms with Gasteiger partial charge in [-0.2, -0.15) is 0 Å². The smallest absolute Gasteiger partial charge is 0.480 e. The van der Waals surface area contributed by atoms with Crippen molar-refractivity contribution in [3.05, 3.63) is 0 Å². The Labute approximate surface area is 166 Å². The van der Waals surface area contributed by atoms with Crippen LogP contribution in [0.15, 0.2) is 0 Å². The van der Waals surface area contributed by atoms with Gasteiger partial charge in [-0.05, 0) is 64.0 Å². The number of carboxylic acid groups (broad SMARTS) is 1. The number of aliphatic carboxylic acids is 1. The number of carboxylic acids is 1. The lowest BCUT2D eigenvalue weighted by Crippen LogP contribution is -2.42. The topological polar surface area (TPSA) is 65.0 Å². The van der Waals surface area contributed by atoms with Crippen molar-refractivity contribution in [2.45, 2.75) is 45.8 Å². The van der Waals surface area contributed by atoms with E-state index in [9.17, 15) is 4.79 Å². The van der Waals surface area contributed by atoms with Gasteiger partial charge in [0.1, 0.15) is 4.75 Å². The van der Waals surface area contributed by atoms with Crippen LogP contribution in [-0.4, -0.2) is 55.1 Å². The molecule has 0 aromatic carbocycles. The van der Waals surface area contributed by atoms with Gasteiger partial charge in [0.25, 0.3) is 0 Å². The maximum absolute atomic E-state index is 10.1. The fraction of sp³-hybridized carbons (Fsp3) is 0.923. The first-order valence-electron chi connectivity index (χ1n) is 7.82. The lowest BCUT2D eigenvalue weighted by atomic mass is 10.2. The minimum Gasteiger partial charge on any atom is -0.480 e. The van der Waals surface area contributed by atoms with E-state index in [2.05, 4.69) is 6.92 Å². The molecule has 0 aromatic rings. The Kier molecular flexibility index (Phi) is 15.2. The monoisotopic (exact) mass is 452 g/mol. The second-order valence-corrected chi connectivity index (χ2v) is 16.6. The summed E-state index contributed by atoms with van der Waals surface area (Å²) in [6.45, 7) is 11.7. The summed E-state index contributed by atoms with van der Waals surface area (Å²) in [6.07, 6.45) is 1.20. The van der Waals surface area contributed by atoms with E-state index >= 15 is 0 Å². The van der Waals surface area contributed by atoms with E-state index in [1.54, 1.807) is 36.8 Å². The maximum Gasteiger partial charge on any atom is 0.585 e. The van der Waals surface area contributed by atoms with Gasteiger partial charge in [-0.1, -0.05) is 17.7 Å². The summed E-state index contributed by atoms with van der Waals surface area (Å²) in [5, 5.41) is 8.29. The molecular weight excluding hydrogens is 425 g/mol. The molecule has 0 radical (unpaired) electrons. The number of rotatable bonds is 13. The Morgan fingerprint density at radius 1 is 1.12 bits per heavy atom. The molecule has 24 heavy (non-hydrogen) atoms. The van der Waals surface area contributed by atoms with Crippen LogP contribution in [0.3, 0.4) is 0 Å². The first-order chi connectivity index (χ1) is 11.4. The van der Waals surface area contributed by atoms with Gasteiger partial charge in [-0.15, -0.1) is 11.8 Å². The predicted molar refractivity (Wildman–Crippen MR) is 115 cm³/mol. The van der Waals surface area contributed by atoms with Gasteiger partial charge in [0.2, 0.25) is 0 Å². The summed E-state index contributed by atoms with van der Waals surface area (Å²) < 4.78 is 16.8. The average Bonchev–Trinajstić information content (AvgIpc) is 3.28. The molecule has 144 valence electrons. The largest absolute Gasteiger partial charge is 0.585 e. The Morgan fingerprint density at radius 3 is 1.92 bits per heavy atom. The molecule has 1 atom stereocenters. The van der Waals surface area contributed by atoms with Crippen LogP contribution in [-0.2, 0) is 18.1 Å². The standard InChI is InChI=1S/C9H22O3S4Si.C4H6O2S/c1-5-9-13-14-15-16-17(10-6-2,11-7-3)12-8-4;1-4(2-7-4)3(5)6/h5-9H2,1-4H3;2H2,1H3,(H,5,6). The Balaban J connectivity index is 0.000000620. The van der Waals surface area contributed by atoms with Crippen LogP contribution in [0, 0.1) is 0 Å². The van der Waals surface area contributed by atoms with Gasteiger partial charge in [0, 0.05) is 31.3 Å². The van der Waals surface area contributed by atoms with E-state index in [1.807, 2.05) is 31.6 Å². The van der Waals surface area contributed by atoms with Gasteiger partial charge in [0.05, 0.1) is 0 Å². The van der Waals surface area contributed by atoms with Crippen LogP contribution in [0.5, 0.6) is 0 Å². The minimum absolute atomic E-state index is 0.417. The first kappa shape index (κ1) is 25.3. The molecule has 1 unspecified atom stereocenters. The lowest BCUT2D eigenvalue weighted by Gasteiger charge is -2.25. The van der Waals surface area contributed by atoms with Crippen LogP contribution in [0.2, 0.25) is 0 Å². The summed E-state index contributed by atoms with van der Waals surface area (Å²) in [4.78, 5) is 10.1. The second kappa shape index (κ2) is 14.4. The Morgan fingerprint density at radius 2 is 1.62 bits per heavy atom. The van der Waals surface area contributed by atoms with Gasteiger partial charge in [0.15, 0.2) is 0 Å². The van der Waals surface area contributed by atoms with Crippen molar-refractivity contribution in [2.75, 3.05) is 31.3 Å². The quantitative estimate of drug-likeness (QED) is 0.175. The predicted octanol–water partition coefficient (Wildman–Crippen LogP) is 5.20. The Hall–Kier alpha value is 1.32. The first-order valence-corrected chi connectivity index (χ1v) is 16.2. The van der Waals surface area contributed by atoms with E-state index in [0.29, 0.717) is 19.8 Å². The highest BCUT2D eigenvalue weighted by Gasteiger charge is 2.46. The van der Waals surface area contributed by atoms with Crippen LogP contribution in [0.1, 0.15) is 41.0 Å². The van der Waals surface area contributed by atoms with Crippen LogP contribution >= 0.6 is 52.5 Å². The number of thioether (sulfide) groups is 1. The third-order valence-electron chi connectivity index (χ3n) is 2.49. The van der Waals surface area contributed by atoms with Gasteiger partial charge < -0.3 is 18.4 Å². The Bertz CT molecular complexity index is 330. The van der Waals surface area contributed by atoms with Gasteiger partial charge in [-0.25, -0.2) is 0 Å². The third kappa shape index (κ3) is 11.1. The molecule has 0 saturated carbocycles. The van der Waals surface area contributed by atoms with E-state index < -0.39 is 18.7 Å². The molecule has 0 aliphatic carbocycles. The van der Waals surface area contributed by atoms with Crippen LogP contribution in [0.25, 0.3) is 0 Å². The van der Waals surface area contributed by atoms with Crippen molar-refractivity contribution in [1.29, 1.82) is 0 Å². The van der Waals surface area contributed by atoms with Crippen molar-refractivity contribution in [3.63, 3.8) is 0 Å². The zero-order chi connectivity index (χ0) is 18.5. The maximum atomic E-state index is 10.1. The normalized spacial score (nSPS) is 19.5. The molecule has 1 heterocycles. The molecule has 0 amide bonds. The molecule has 5 nitrogen and oxygen atoms in total. The number of hydrogen-bond acceptors (Lipinski definition) is 9. The van der Waals surface area contributed by atoms with Gasteiger partial charge in [-0.3, -0.25) is 4.79 Å². The molecule has 1 saturated heterocycles. The van der Waals surface area contributed by atoms with Crippen molar-refractivity contribution in [3.8, 4) is 0 Å². The van der Waals surface area contributed by atoms with E-state index in [4.69, 9.17) is 18.4 Å². The SMILES string of the molecule is CC1(C(=O)O)CS1.CCCSSSS[Si](OCC)(OCC)OCC. The molecule has 11 heteroatoms. The lowest BCUT2D eigenvalue weighted by molar-refractivity contribution is -0.137. The highest BCUT2D eigenvalue weighted by atomic mass is 33.7. The van der Waals surface area contributed by atoms with Crippen molar-refractivity contribution < 1.29 is 23.2 Å². The second-order valence-electron chi connectivity index (χ2n) is 4.67. The summed E-state index contributed by atoms with van der Waals surface area (Å²) in [6, 6.07) is 0. The molecule has 0 spiro atoms. The van der Waals surface area contributed by atoms with E-state index in [0.717, 1.165) is 5.75 Å². The molecule has 0 aromatic heterocycles. The van der Waals surface area contributed by atoms with E-state index in [1.165, 1.54) is 23.9 Å². The van der Waals surface area contributed by atoms with Crippen molar-refractivity contribution >= 4 is 66.4 Å². The molecule has 0 bridgehead atoms. The zero-order valence-corrected chi connectivity index (χ0v) is 19.9. The van der Waals surface area contributed by atoms with Crippen molar-refractivity contribution in [2.24, 2.45) is 0 Å². The van der Waals surface area contributed by atoms with Crippen LogP contribution in [0.4, 0.5) is 0 Å². The van der Waals surface area contributed by atoms with Crippen LogP contribution < -0.4 is 0 Å². The fourth-order valence-electron chi connectivity index (χ4n) is 1.15. The highest BCUT2D eigenvalue weighted by Crippen LogP contribution is 2.48. The number of hydrogen-bond donors (Lipinski definition) is 1. The third-order valence-corrected chi connectivity index (χ3v) is 16.7. The number of carbonyl (C=O) groups is 1. The highest BCUT2D eigenvalue weighted by molar-refractivity contribution is 9.28. The molecule has 1 aliphatic rings. The van der Waals surface area contributed by atoms with Gasteiger partial charge >= 0.3 is 13.9 Å². The molecule has 1 aliphatic heterocycles. The summed E-state index contributed by atoms with van der Waals surface area (Å²) >= 11 is 1.48. The summed E-state index contributed by atoms with van der Waals surface area (Å²) in [7, 11) is 4.45. The minimum atomic E-state index is -2.51. The van der Waals surface area contributed by atoms with Crippen molar-refractivity contribution in [1.82, 2.24) is 0 Å². The molecule has 1 fully saturated rings. The fourth-order valence-corrected chi connectivity index (χ4v) is 15.7. The molecule has 1 N–H and O–H groups in total.